The molecule has 0 spiro atoms. The van der Waals surface area contributed by atoms with Crippen molar-refractivity contribution in [1.82, 2.24) is 4.90 Å². The van der Waals surface area contributed by atoms with Crippen molar-refractivity contribution in [2.45, 2.75) is 5.72 Å². The third-order valence-electron chi connectivity index (χ3n) is 3.92. The van der Waals surface area contributed by atoms with Gasteiger partial charge in [0.15, 0.2) is 5.72 Å². The summed E-state index contributed by atoms with van der Waals surface area (Å²) < 4.78 is 54.0. The highest BCUT2D eigenvalue weighted by Gasteiger charge is 2.50. The topological polar surface area (TPSA) is 41.6 Å². The number of carbonyl (C=O) groups is 1. The van der Waals surface area contributed by atoms with Crippen molar-refractivity contribution in [2.75, 3.05) is 24.9 Å². The summed E-state index contributed by atoms with van der Waals surface area (Å²) >= 11 is 3.33. The van der Waals surface area contributed by atoms with Gasteiger partial charge in [-0.1, -0.05) is 34.1 Å². The van der Waals surface area contributed by atoms with Crippen LogP contribution in [-0.4, -0.2) is 30.4 Å². The summed E-state index contributed by atoms with van der Waals surface area (Å²) in [5.74, 6) is -1.25. The summed E-state index contributed by atoms with van der Waals surface area (Å²) in [7, 11) is 0. The summed E-state index contributed by atoms with van der Waals surface area (Å²) in [5.41, 5.74) is -1.52. The Bertz CT molecular complexity index is 958. The van der Waals surface area contributed by atoms with E-state index in [9.17, 15) is 9.18 Å². The Hall–Kier alpha value is -1.76. The lowest BCUT2D eigenvalue weighted by Gasteiger charge is -2.36. The molecule has 4 nitrogen and oxygen atoms in total. The fourth-order valence-corrected chi connectivity index (χ4v) is 3.32. The van der Waals surface area contributed by atoms with Gasteiger partial charge in [0.25, 0.3) is 0 Å². The van der Waals surface area contributed by atoms with Gasteiger partial charge in [-0.25, -0.2) is 4.39 Å². The smallest absolute Gasteiger partial charge is 0.238 e. The molecule has 118 valence electrons. The molecule has 0 aliphatic carbocycles. The van der Waals surface area contributed by atoms with Crippen LogP contribution < -0.4 is 5.32 Å². The second-order valence-electron chi connectivity index (χ2n) is 5.26. The first-order chi connectivity index (χ1) is 12.6. The molecule has 0 bridgehead atoms. The van der Waals surface area contributed by atoms with Crippen molar-refractivity contribution >= 4 is 27.5 Å². The van der Waals surface area contributed by atoms with Crippen molar-refractivity contribution in [3.8, 4) is 0 Å². The van der Waals surface area contributed by atoms with Gasteiger partial charge < -0.3 is 10.1 Å². The number of anilines is 1. The molecular weight excluding hydrogens is 363 g/mol. The average molecular weight is 381 g/mol. The van der Waals surface area contributed by atoms with E-state index in [0.29, 0.717) is 10.2 Å². The lowest BCUT2D eigenvalue weighted by Crippen LogP contribution is -2.45. The number of fused-ring (bicyclic) bond motifs is 3. The summed E-state index contributed by atoms with van der Waals surface area (Å²) in [4.78, 5) is 13.4. The molecule has 2 aliphatic rings. The number of rotatable bonds is 1. The number of ether oxygens (including phenoxy) is 1. The minimum Gasteiger partial charge on any atom is -0.350 e. The van der Waals surface area contributed by atoms with Crippen LogP contribution in [0, 0.1) is 5.82 Å². The number of nitrogens with zero attached hydrogens (tertiary/aromatic N) is 1. The number of nitrogens with one attached hydrogen (secondary N) is 1. The monoisotopic (exact) mass is 380 g/mol. The standard InChI is InChI=1S/C17H14BrFN2O2/c18-11-5-6-15-13(9-11)17(12-3-1-2-4-14(12)19)21(7-8-23-17)10-16(22)20-15/h1-6,9H,7-8,10H2,(H,20,22)/i7D2,8D2. The molecule has 1 saturated heterocycles. The van der Waals surface area contributed by atoms with E-state index < -0.39 is 37.0 Å². The molecule has 2 aromatic carbocycles. The van der Waals surface area contributed by atoms with Crippen molar-refractivity contribution in [3.05, 3.63) is 63.9 Å². The highest BCUT2D eigenvalue weighted by Crippen LogP contribution is 2.46. The van der Waals surface area contributed by atoms with Crippen LogP contribution in [0.25, 0.3) is 0 Å². The zero-order valence-electron chi connectivity index (χ0n) is 15.8. The predicted molar refractivity (Wildman–Crippen MR) is 87.5 cm³/mol. The van der Waals surface area contributed by atoms with Crippen molar-refractivity contribution in [1.29, 1.82) is 0 Å². The first kappa shape index (κ1) is 10.9. The van der Waals surface area contributed by atoms with E-state index in [1.807, 2.05) is 0 Å². The Kier molecular flexibility index (Phi) is 2.56. The van der Waals surface area contributed by atoms with Crippen LogP contribution in [0.15, 0.2) is 46.9 Å². The Labute approximate surface area is 147 Å². The highest BCUT2D eigenvalue weighted by atomic mass is 79.9. The van der Waals surface area contributed by atoms with Gasteiger partial charge in [0.1, 0.15) is 5.82 Å². The lowest BCUT2D eigenvalue weighted by atomic mass is 9.91. The molecule has 0 radical (unpaired) electrons. The van der Waals surface area contributed by atoms with E-state index in [2.05, 4.69) is 21.2 Å². The molecular formula is C17H14BrFN2O2. The van der Waals surface area contributed by atoms with Crippen LogP contribution in [0.2, 0.25) is 0 Å². The molecule has 1 amide bonds. The SMILES string of the molecule is [2H]C1([2H])OC2(c3ccccc3F)c3cc(Br)ccc3NC(=O)CN2C1([2H])[2H]. The number of carbonyl (C=O) groups excluding carboxylic acids is 1. The second kappa shape index (κ2) is 5.40. The molecule has 1 unspecified atom stereocenters. The molecule has 1 N–H and O–H groups in total. The third-order valence-corrected chi connectivity index (χ3v) is 4.41. The number of hydrogen-bond acceptors (Lipinski definition) is 3. The van der Waals surface area contributed by atoms with Crippen LogP contribution in [0.3, 0.4) is 0 Å². The first-order valence-corrected chi connectivity index (χ1v) is 7.72. The Balaban J connectivity index is 2.13. The maximum absolute atomic E-state index is 14.9. The van der Waals surface area contributed by atoms with Crippen LogP contribution in [0.4, 0.5) is 10.1 Å². The minimum absolute atomic E-state index is 0.0777. The predicted octanol–water partition coefficient (Wildman–Crippen LogP) is 3.07. The maximum Gasteiger partial charge on any atom is 0.238 e. The van der Waals surface area contributed by atoms with Gasteiger partial charge in [-0.15, -0.1) is 0 Å². The number of amides is 1. The quantitative estimate of drug-likeness (QED) is 0.826. The molecule has 2 heterocycles. The van der Waals surface area contributed by atoms with Crippen LogP contribution in [-0.2, 0) is 15.3 Å². The van der Waals surface area contributed by atoms with E-state index >= 15 is 0 Å². The number of benzene rings is 2. The van der Waals surface area contributed by atoms with Gasteiger partial charge in [0.05, 0.1) is 15.8 Å². The average Bonchev–Trinajstić information content (AvgIpc) is 2.67. The van der Waals surface area contributed by atoms with Crippen molar-refractivity contribution < 1.29 is 19.4 Å². The molecule has 0 aromatic heterocycles. The summed E-state index contributed by atoms with van der Waals surface area (Å²) in [6.07, 6.45) is 0. The van der Waals surface area contributed by atoms with E-state index in [-0.39, 0.29) is 11.1 Å². The fraction of sp³-hybridized carbons (Fsp3) is 0.235. The first-order valence-electron chi connectivity index (χ1n) is 8.92. The Morgan fingerprint density at radius 3 is 2.96 bits per heavy atom. The zero-order chi connectivity index (χ0) is 19.6. The third kappa shape index (κ3) is 2.21. The van der Waals surface area contributed by atoms with Crippen molar-refractivity contribution in [2.24, 2.45) is 0 Å². The molecule has 0 saturated carbocycles. The molecule has 4 rings (SSSR count). The van der Waals surface area contributed by atoms with E-state index in [1.165, 1.54) is 18.2 Å². The summed E-state index contributed by atoms with van der Waals surface area (Å²) in [5, 5.41) is 2.66. The second-order valence-corrected chi connectivity index (χ2v) is 6.18. The van der Waals surface area contributed by atoms with Crippen molar-refractivity contribution in [3.63, 3.8) is 0 Å². The van der Waals surface area contributed by atoms with Gasteiger partial charge >= 0.3 is 0 Å². The maximum atomic E-state index is 14.9. The van der Waals surface area contributed by atoms with E-state index in [4.69, 9.17) is 10.2 Å². The summed E-state index contributed by atoms with van der Waals surface area (Å²) in [6.45, 7) is -6.02. The van der Waals surface area contributed by atoms with E-state index in [0.717, 1.165) is 4.90 Å². The Morgan fingerprint density at radius 1 is 1.30 bits per heavy atom. The minimum atomic E-state index is -2.80. The Morgan fingerprint density at radius 2 is 2.13 bits per heavy atom. The number of hydrogen-bond donors (Lipinski definition) is 1. The van der Waals surface area contributed by atoms with Gasteiger partial charge in [-0.2, -0.15) is 0 Å². The molecule has 2 aliphatic heterocycles. The normalized spacial score (nSPS) is 30.8. The largest absolute Gasteiger partial charge is 0.350 e. The number of halogens is 2. The van der Waals surface area contributed by atoms with Gasteiger partial charge in [0.2, 0.25) is 5.91 Å². The van der Waals surface area contributed by atoms with Crippen LogP contribution in [0.1, 0.15) is 16.6 Å². The molecule has 2 aromatic rings. The van der Waals surface area contributed by atoms with Gasteiger partial charge in [0, 0.05) is 30.5 Å². The van der Waals surface area contributed by atoms with Crippen LogP contribution in [0.5, 0.6) is 0 Å². The fourth-order valence-electron chi connectivity index (χ4n) is 2.96. The van der Waals surface area contributed by atoms with Gasteiger partial charge in [-0.05, 0) is 24.3 Å². The molecule has 1 atom stereocenters. The molecule has 23 heavy (non-hydrogen) atoms. The molecule has 6 heteroatoms. The zero-order valence-corrected chi connectivity index (χ0v) is 13.4. The molecule has 1 fully saturated rings. The van der Waals surface area contributed by atoms with E-state index in [1.54, 1.807) is 24.3 Å². The summed E-state index contributed by atoms with van der Waals surface area (Å²) in [6, 6.07) is 10.4. The lowest BCUT2D eigenvalue weighted by molar-refractivity contribution is -0.121. The van der Waals surface area contributed by atoms with Crippen LogP contribution >= 0.6 is 15.9 Å². The highest BCUT2D eigenvalue weighted by molar-refractivity contribution is 9.10. The van der Waals surface area contributed by atoms with Gasteiger partial charge in [-0.3, -0.25) is 9.69 Å².